The lowest BCUT2D eigenvalue weighted by Gasteiger charge is -2.15. The van der Waals surface area contributed by atoms with Crippen LogP contribution < -0.4 is 10.2 Å². The van der Waals surface area contributed by atoms with Gasteiger partial charge in [-0.05, 0) is 25.5 Å². The minimum Gasteiger partial charge on any atom is -0.347 e. The molecule has 7 heteroatoms. The number of hydrogen-bond donors (Lipinski definition) is 1. The van der Waals surface area contributed by atoms with Gasteiger partial charge in [0.15, 0.2) is 0 Å². The van der Waals surface area contributed by atoms with Crippen molar-refractivity contribution >= 4 is 17.5 Å². The third-order valence-electron chi connectivity index (χ3n) is 3.29. The van der Waals surface area contributed by atoms with E-state index in [-0.39, 0.29) is 12.0 Å². The Balaban J connectivity index is 2.17. The van der Waals surface area contributed by atoms with Gasteiger partial charge in [-0.15, -0.1) is 0 Å². The highest BCUT2D eigenvalue weighted by molar-refractivity contribution is 5.93. The highest BCUT2D eigenvalue weighted by Crippen LogP contribution is 2.20. The summed E-state index contributed by atoms with van der Waals surface area (Å²) in [7, 11) is 3.65. The first-order valence-electron chi connectivity index (χ1n) is 7.04. The van der Waals surface area contributed by atoms with Crippen molar-refractivity contribution in [1.29, 1.82) is 0 Å². The molecule has 0 atom stereocenters. The maximum absolute atomic E-state index is 13.6. The summed E-state index contributed by atoms with van der Waals surface area (Å²) in [6, 6.07) is 3.14. The fourth-order valence-corrected chi connectivity index (χ4v) is 2.10. The SMILES string of the molecule is Cc1nc(N(C)C)nc(C)c1NC(=O)Cc1ccc(F)cc1F. The van der Waals surface area contributed by atoms with Crippen LogP contribution in [0.2, 0.25) is 0 Å². The largest absolute Gasteiger partial charge is 0.347 e. The Bertz CT molecular complexity index is 724. The molecule has 0 aliphatic heterocycles. The number of aromatic nitrogens is 2. The van der Waals surface area contributed by atoms with Gasteiger partial charge in [0.05, 0.1) is 23.5 Å². The average molecular weight is 320 g/mol. The summed E-state index contributed by atoms with van der Waals surface area (Å²) in [5.74, 6) is -1.29. The second kappa shape index (κ2) is 6.68. The number of carbonyl (C=O) groups excluding carboxylic acids is 1. The van der Waals surface area contributed by atoms with Gasteiger partial charge in [-0.25, -0.2) is 18.7 Å². The van der Waals surface area contributed by atoms with Crippen LogP contribution in [0, 0.1) is 25.5 Å². The van der Waals surface area contributed by atoms with Gasteiger partial charge in [0, 0.05) is 20.2 Å². The van der Waals surface area contributed by atoms with E-state index in [4.69, 9.17) is 0 Å². The molecular weight excluding hydrogens is 302 g/mol. The molecule has 2 rings (SSSR count). The number of anilines is 2. The van der Waals surface area contributed by atoms with Gasteiger partial charge in [0.2, 0.25) is 11.9 Å². The number of hydrogen-bond acceptors (Lipinski definition) is 4. The number of nitrogens with zero attached hydrogens (tertiary/aromatic N) is 3. The third-order valence-corrected chi connectivity index (χ3v) is 3.29. The highest BCUT2D eigenvalue weighted by atomic mass is 19.1. The number of rotatable bonds is 4. The van der Waals surface area contributed by atoms with E-state index in [1.165, 1.54) is 6.07 Å². The predicted molar refractivity (Wildman–Crippen MR) is 84.5 cm³/mol. The van der Waals surface area contributed by atoms with Crippen LogP contribution in [0.1, 0.15) is 17.0 Å². The first-order chi connectivity index (χ1) is 10.8. The van der Waals surface area contributed by atoms with Crippen LogP contribution in [0.5, 0.6) is 0 Å². The zero-order valence-electron chi connectivity index (χ0n) is 13.4. The van der Waals surface area contributed by atoms with Gasteiger partial charge in [0.1, 0.15) is 11.6 Å². The molecule has 0 aliphatic rings. The average Bonchev–Trinajstić information content (AvgIpc) is 2.45. The lowest BCUT2D eigenvalue weighted by molar-refractivity contribution is -0.115. The third kappa shape index (κ3) is 4.00. The van der Waals surface area contributed by atoms with Crippen LogP contribution >= 0.6 is 0 Å². The maximum Gasteiger partial charge on any atom is 0.229 e. The molecule has 122 valence electrons. The molecule has 0 fully saturated rings. The van der Waals surface area contributed by atoms with Crippen LogP contribution in [0.4, 0.5) is 20.4 Å². The van der Waals surface area contributed by atoms with E-state index in [0.29, 0.717) is 23.0 Å². The smallest absolute Gasteiger partial charge is 0.229 e. The van der Waals surface area contributed by atoms with Gasteiger partial charge < -0.3 is 10.2 Å². The lowest BCUT2D eigenvalue weighted by Crippen LogP contribution is -2.20. The molecule has 1 heterocycles. The summed E-state index contributed by atoms with van der Waals surface area (Å²) < 4.78 is 26.5. The van der Waals surface area contributed by atoms with Gasteiger partial charge in [-0.1, -0.05) is 6.07 Å². The normalized spacial score (nSPS) is 10.5. The second-order valence-electron chi connectivity index (χ2n) is 5.42. The van der Waals surface area contributed by atoms with Gasteiger partial charge in [-0.2, -0.15) is 0 Å². The Labute approximate surface area is 133 Å². The van der Waals surface area contributed by atoms with Crippen molar-refractivity contribution in [2.75, 3.05) is 24.3 Å². The molecule has 2 aromatic rings. The molecule has 0 spiro atoms. The zero-order chi connectivity index (χ0) is 17.1. The highest BCUT2D eigenvalue weighted by Gasteiger charge is 2.14. The van der Waals surface area contributed by atoms with Gasteiger partial charge in [0.25, 0.3) is 0 Å². The quantitative estimate of drug-likeness (QED) is 0.941. The molecule has 1 aromatic carbocycles. The van der Waals surface area contributed by atoms with Crippen LogP contribution in [-0.4, -0.2) is 30.0 Å². The van der Waals surface area contributed by atoms with Gasteiger partial charge >= 0.3 is 0 Å². The molecule has 1 N–H and O–H groups in total. The van der Waals surface area contributed by atoms with Crippen molar-refractivity contribution in [1.82, 2.24) is 9.97 Å². The minimum atomic E-state index is -0.743. The summed E-state index contributed by atoms with van der Waals surface area (Å²) in [5.41, 5.74) is 1.87. The Morgan fingerprint density at radius 1 is 1.17 bits per heavy atom. The molecule has 0 saturated carbocycles. The Morgan fingerprint density at radius 3 is 2.30 bits per heavy atom. The molecule has 0 saturated heterocycles. The van der Waals surface area contributed by atoms with Crippen LogP contribution in [0.3, 0.4) is 0 Å². The Hall–Kier alpha value is -2.57. The minimum absolute atomic E-state index is 0.130. The molecule has 0 unspecified atom stereocenters. The summed E-state index contributed by atoms with van der Waals surface area (Å²) in [5, 5.41) is 2.69. The Kier molecular flexibility index (Phi) is 4.88. The van der Waals surface area contributed by atoms with Crippen molar-refractivity contribution in [2.24, 2.45) is 0 Å². The van der Waals surface area contributed by atoms with Crippen LogP contribution in [0.25, 0.3) is 0 Å². The number of nitrogens with one attached hydrogen (secondary N) is 1. The molecule has 23 heavy (non-hydrogen) atoms. The molecular formula is C16H18F2N4O. The van der Waals surface area contributed by atoms with Gasteiger partial charge in [-0.3, -0.25) is 4.79 Å². The molecule has 1 amide bonds. The number of halogens is 2. The van der Waals surface area contributed by atoms with Crippen molar-refractivity contribution in [2.45, 2.75) is 20.3 Å². The van der Waals surface area contributed by atoms with E-state index < -0.39 is 17.5 Å². The van der Waals surface area contributed by atoms with Crippen molar-refractivity contribution in [3.05, 3.63) is 46.8 Å². The Morgan fingerprint density at radius 2 is 1.78 bits per heavy atom. The summed E-state index contributed by atoms with van der Waals surface area (Å²) in [4.78, 5) is 22.5. The first kappa shape index (κ1) is 16.8. The first-order valence-corrected chi connectivity index (χ1v) is 7.04. The number of amides is 1. The van der Waals surface area contributed by atoms with E-state index >= 15 is 0 Å². The van der Waals surface area contributed by atoms with E-state index in [1.807, 2.05) is 14.1 Å². The maximum atomic E-state index is 13.6. The molecule has 0 bridgehead atoms. The van der Waals surface area contributed by atoms with Crippen molar-refractivity contribution in [3.8, 4) is 0 Å². The predicted octanol–water partition coefficient (Wildman–Crippen LogP) is 2.62. The fourth-order valence-electron chi connectivity index (χ4n) is 2.10. The molecule has 1 aromatic heterocycles. The number of carbonyl (C=O) groups is 1. The van der Waals surface area contributed by atoms with Crippen molar-refractivity contribution in [3.63, 3.8) is 0 Å². The van der Waals surface area contributed by atoms with E-state index in [0.717, 1.165) is 12.1 Å². The second-order valence-corrected chi connectivity index (χ2v) is 5.42. The topological polar surface area (TPSA) is 58.1 Å². The van der Waals surface area contributed by atoms with E-state index in [2.05, 4.69) is 15.3 Å². The molecule has 5 nitrogen and oxygen atoms in total. The monoisotopic (exact) mass is 320 g/mol. The number of benzene rings is 1. The van der Waals surface area contributed by atoms with Crippen LogP contribution in [0.15, 0.2) is 18.2 Å². The zero-order valence-corrected chi connectivity index (χ0v) is 13.4. The lowest BCUT2D eigenvalue weighted by atomic mass is 10.1. The molecule has 0 radical (unpaired) electrons. The summed E-state index contributed by atoms with van der Waals surface area (Å²) in [6.45, 7) is 3.52. The van der Waals surface area contributed by atoms with E-state index in [1.54, 1.807) is 18.7 Å². The van der Waals surface area contributed by atoms with E-state index in [9.17, 15) is 13.6 Å². The standard InChI is InChI=1S/C16H18F2N4O/c1-9-15(10(2)20-16(19-9)22(3)4)21-14(23)7-11-5-6-12(17)8-13(11)18/h5-6,8H,7H2,1-4H3,(H,21,23). The molecule has 0 aliphatic carbocycles. The summed E-state index contributed by atoms with van der Waals surface area (Å²) >= 11 is 0. The van der Waals surface area contributed by atoms with Crippen LogP contribution in [-0.2, 0) is 11.2 Å². The number of aryl methyl sites for hydroxylation is 2. The van der Waals surface area contributed by atoms with Crippen molar-refractivity contribution < 1.29 is 13.6 Å². The fraction of sp³-hybridized carbons (Fsp3) is 0.312. The summed E-state index contributed by atoms with van der Waals surface area (Å²) in [6.07, 6.45) is -0.194.